The maximum Gasteiger partial charge on any atom is 0.416 e. The van der Waals surface area contributed by atoms with Gasteiger partial charge in [-0.05, 0) is 36.4 Å². The van der Waals surface area contributed by atoms with Gasteiger partial charge in [0.05, 0.1) is 5.56 Å². The summed E-state index contributed by atoms with van der Waals surface area (Å²) >= 11 is 0. The summed E-state index contributed by atoms with van der Waals surface area (Å²) in [5, 5.41) is 0. The Morgan fingerprint density at radius 2 is 1.48 bits per heavy atom. The molecule has 0 aromatic heterocycles. The van der Waals surface area contributed by atoms with E-state index in [1.807, 2.05) is 0 Å². The van der Waals surface area contributed by atoms with Gasteiger partial charge in [0.25, 0.3) is 0 Å². The molecule has 0 spiro atoms. The van der Waals surface area contributed by atoms with E-state index in [0.717, 1.165) is 36.4 Å². The van der Waals surface area contributed by atoms with Gasteiger partial charge in [0, 0.05) is 5.56 Å². The Kier molecular flexibility index (Phi) is 3.93. The summed E-state index contributed by atoms with van der Waals surface area (Å²) in [5.41, 5.74) is -1.13. The van der Waals surface area contributed by atoms with Crippen LogP contribution >= 0.6 is 0 Å². The zero-order valence-electron chi connectivity index (χ0n) is 10.2. The summed E-state index contributed by atoms with van der Waals surface area (Å²) in [6.07, 6.45) is -4.26. The van der Waals surface area contributed by atoms with Crippen molar-refractivity contribution in [1.29, 1.82) is 0 Å². The fourth-order valence-corrected chi connectivity index (χ4v) is 1.57. The van der Waals surface area contributed by atoms with Crippen LogP contribution in [0.4, 0.5) is 22.0 Å². The molecule has 110 valence electrons. The van der Waals surface area contributed by atoms with Crippen molar-refractivity contribution in [3.8, 4) is 11.5 Å². The molecule has 2 rings (SSSR count). The van der Waals surface area contributed by atoms with Crippen LogP contribution in [0.3, 0.4) is 0 Å². The van der Waals surface area contributed by atoms with Crippen LogP contribution in [0.15, 0.2) is 36.4 Å². The van der Waals surface area contributed by atoms with Crippen LogP contribution < -0.4 is 4.74 Å². The molecular weight excluding hydrogens is 295 g/mol. The molecule has 0 atom stereocenters. The number of carbonyl (C=O) groups excluding carboxylic acids is 1. The molecule has 0 saturated carbocycles. The number of rotatable bonds is 3. The highest BCUT2D eigenvalue weighted by atomic mass is 19.4. The second kappa shape index (κ2) is 5.51. The minimum atomic E-state index is -4.51. The van der Waals surface area contributed by atoms with Gasteiger partial charge in [0.2, 0.25) is 0 Å². The van der Waals surface area contributed by atoms with Crippen molar-refractivity contribution in [2.24, 2.45) is 0 Å². The predicted octanol–water partition coefficient (Wildman–Crippen LogP) is 4.59. The lowest BCUT2D eigenvalue weighted by molar-refractivity contribution is -0.137. The molecule has 7 heteroatoms. The van der Waals surface area contributed by atoms with Crippen LogP contribution in [0.2, 0.25) is 0 Å². The van der Waals surface area contributed by atoms with Crippen LogP contribution in [0.1, 0.15) is 15.9 Å². The average Bonchev–Trinajstić information content (AvgIpc) is 2.42. The van der Waals surface area contributed by atoms with Gasteiger partial charge in [-0.1, -0.05) is 0 Å². The lowest BCUT2D eigenvalue weighted by Gasteiger charge is -2.10. The molecular formula is C14H7F5O2. The van der Waals surface area contributed by atoms with Crippen molar-refractivity contribution >= 4 is 6.29 Å². The summed E-state index contributed by atoms with van der Waals surface area (Å²) in [7, 11) is 0. The molecule has 0 unspecified atom stereocenters. The normalized spacial score (nSPS) is 11.3. The largest absolute Gasteiger partial charge is 0.451 e. The fourth-order valence-electron chi connectivity index (χ4n) is 1.57. The number of aldehydes is 1. The second-order valence-corrected chi connectivity index (χ2v) is 4.06. The van der Waals surface area contributed by atoms with Gasteiger partial charge in [0.1, 0.15) is 12.0 Å². The highest BCUT2D eigenvalue weighted by Crippen LogP contribution is 2.32. The summed E-state index contributed by atoms with van der Waals surface area (Å²) in [6, 6.07) is 4.85. The Morgan fingerprint density at radius 1 is 0.952 bits per heavy atom. The SMILES string of the molecule is O=Cc1cc(F)c(Oc2ccc(C(F)(F)F)cc2)c(F)c1. The summed E-state index contributed by atoms with van der Waals surface area (Å²) in [4.78, 5) is 10.4. The molecule has 2 nitrogen and oxygen atoms in total. The Balaban J connectivity index is 2.28. The number of benzene rings is 2. The predicted molar refractivity (Wildman–Crippen MR) is 63.3 cm³/mol. The molecule has 21 heavy (non-hydrogen) atoms. The summed E-state index contributed by atoms with van der Waals surface area (Å²) in [6.45, 7) is 0. The van der Waals surface area contributed by atoms with E-state index in [9.17, 15) is 26.7 Å². The lowest BCUT2D eigenvalue weighted by Crippen LogP contribution is -2.04. The highest BCUT2D eigenvalue weighted by molar-refractivity contribution is 5.75. The smallest absolute Gasteiger partial charge is 0.416 e. The van der Waals surface area contributed by atoms with E-state index in [0.29, 0.717) is 0 Å². The first-order valence-electron chi connectivity index (χ1n) is 5.60. The molecule has 0 aliphatic rings. The Labute approximate surface area is 115 Å². The zero-order chi connectivity index (χ0) is 15.6. The van der Waals surface area contributed by atoms with Gasteiger partial charge in [-0.3, -0.25) is 4.79 Å². The van der Waals surface area contributed by atoms with E-state index in [2.05, 4.69) is 0 Å². The summed E-state index contributed by atoms with van der Waals surface area (Å²) < 4.78 is 69.1. The molecule has 2 aromatic carbocycles. The Bertz CT molecular complexity index is 639. The van der Waals surface area contributed by atoms with Gasteiger partial charge < -0.3 is 4.74 Å². The molecule has 0 heterocycles. The standard InChI is InChI=1S/C14H7F5O2/c15-11-5-8(7-20)6-12(16)13(11)21-10-3-1-9(2-4-10)14(17,18)19/h1-7H. The molecule has 0 N–H and O–H groups in total. The minimum Gasteiger partial charge on any atom is -0.451 e. The van der Waals surface area contributed by atoms with E-state index >= 15 is 0 Å². The first-order valence-corrected chi connectivity index (χ1v) is 5.60. The average molecular weight is 302 g/mol. The number of alkyl halides is 3. The molecule has 0 bridgehead atoms. The number of hydrogen-bond acceptors (Lipinski definition) is 2. The van der Waals surface area contributed by atoms with E-state index in [-0.39, 0.29) is 17.6 Å². The van der Waals surface area contributed by atoms with Crippen molar-refractivity contribution in [2.45, 2.75) is 6.18 Å². The quantitative estimate of drug-likeness (QED) is 0.612. The maximum absolute atomic E-state index is 13.5. The topological polar surface area (TPSA) is 26.3 Å². The molecule has 2 aromatic rings. The molecule has 0 amide bonds. The first-order chi connectivity index (χ1) is 9.81. The van der Waals surface area contributed by atoms with Gasteiger partial charge >= 0.3 is 6.18 Å². The molecule has 0 aliphatic carbocycles. The van der Waals surface area contributed by atoms with E-state index in [4.69, 9.17) is 4.74 Å². The van der Waals surface area contributed by atoms with Crippen molar-refractivity contribution in [3.05, 3.63) is 59.2 Å². The third kappa shape index (κ3) is 3.36. The van der Waals surface area contributed by atoms with Crippen molar-refractivity contribution < 1.29 is 31.5 Å². The van der Waals surface area contributed by atoms with Crippen LogP contribution in [0, 0.1) is 11.6 Å². The third-order valence-electron chi connectivity index (χ3n) is 2.56. The van der Waals surface area contributed by atoms with Gasteiger partial charge in [-0.15, -0.1) is 0 Å². The number of halogens is 5. The van der Waals surface area contributed by atoms with Crippen LogP contribution in [0.5, 0.6) is 11.5 Å². The lowest BCUT2D eigenvalue weighted by atomic mass is 10.2. The van der Waals surface area contributed by atoms with Crippen molar-refractivity contribution in [1.82, 2.24) is 0 Å². The zero-order valence-corrected chi connectivity index (χ0v) is 10.2. The molecule has 0 fully saturated rings. The monoisotopic (exact) mass is 302 g/mol. The number of carbonyl (C=O) groups is 1. The van der Waals surface area contributed by atoms with Crippen LogP contribution in [-0.4, -0.2) is 6.29 Å². The fraction of sp³-hybridized carbons (Fsp3) is 0.0714. The van der Waals surface area contributed by atoms with Gasteiger partial charge in [-0.25, -0.2) is 8.78 Å². The highest BCUT2D eigenvalue weighted by Gasteiger charge is 2.30. The van der Waals surface area contributed by atoms with E-state index in [1.54, 1.807) is 0 Å². The van der Waals surface area contributed by atoms with Crippen LogP contribution in [-0.2, 0) is 6.18 Å². The molecule has 0 saturated heterocycles. The number of hydrogen-bond donors (Lipinski definition) is 0. The van der Waals surface area contributed by atoms with Gasteiger partial charge in [0.15, 0.2) is 17.4 Å². The van der Waals surface area contributed by atoms with E-state index in [1.165, 1.54) is 0 Å². The minimum absolute atomic E-state index is 0.167. The maximum atomic E-state index is 13.5. The summed E-state index contributed by atoms with van der Waals surface area (Å²) in [5.74, 6) is -3.21. The second-order valence-electron chi connectivity index (χ2n) is 4.06. The van der Waals surface area contributed by atoms with Crippen molar-refractivity contribution in [2.75, 3.05) is 0 Å². The Hall–Kier alpha value is -2.44. The molecule has 0 radical (unpaired) electrons. The molecule has 0 aliphatic heterocycles. The van der Waals surface area contributed by atoms with E-state index < -0.39 is 29.1 Å². The van der Waals surface area contributed by atoms with Gasteiger partial charge in [-0.2, -0.15) is 13.2 Å². The first kappa shape index (κ1) is 15.0. The number of ether oxygens (including phenoxy) is 1. The third-order valence-corrected chi connectivity index (χ3v) is 2.56. The van der Waals surface area contributed by atoms with Crippen molar-refractivity contribution in [3.63, 3.8) is 0 Å². The van der Waals surface area contributed by atoms with Crippen LogP contribution in [0.25, 0.3) is 0 Å². The Morgan fingerprint density at radius 3 is 1.90 bits per heavy atom.